The van der Waals surface area contributed by atoms with E-state index in [0.29, 0.717) is 6.04 Å². The van der Waals surface area contributed by atoms with Crippen molar-refractivity contribution in [2.45, 2.75) is 44.6 Å². The highest BCUT2D eigenvalue weighted by molar-refractivity contribution is 5.77. The summed E-state index contributed by atoms with van der Waals surface area (Å²) in [5.41, 5.74) is 0. The van der Waals surface area contributed by atoms with E-state index < -0.39 is 0 Å². The lowest BCUT2D eigenvalue weighted by Gasteiger charge is -2.35. The van der Waals surface area contributed by atoms with E-state index in [4.69, 9.17) is 0 Å². The number of carbonyl (C=O) groups is 1. The van der Waals surface area contributed by atoms with Crippen LogP contribution in [0.2, 0.25) is 0 Å². The Bertz CT molecular complexity index is 167. The van der Waals surface area contributed by atoms with E-state index in [1.54, 1.807) is 0 Å². The van der Waals surface area contributed by atoms with Gasteiger partial charge in [-0.2, -0.15) is 0 Å². The first-order valence-electron chi connectivity index (χ1n) is 4.65. The van der Waals surface area contributed by atoms with Gasteiger partial charge in [0.15, 0.2) is 0 Å². The number of fused-ring (bicyclic) bond motifs is 1. The summed E-state index contributed by atoms with van der Waals surface area (Å²) in [7, 11) is 0. The predicted octanol–water partition coefficient (Wildman–Crippen LogP) is 1.46. The molecule has 62 valence electrons. The molecule has 2 aliphatic rings. The maximum absolute atomic E-state index is 11.0. The summed E-state index contributed by atoms with van der Waals surface area (Å²) < 4.78 is 0. The van der Waals surface area contributed by atoms with Gasteiger partial charge in [0.25, 0.3) is 0 Å². The van der Waals surface area contributed by atoms with Gasteiger partial charge in [0.1, 0.15) is 0 Å². The maximum atomic E-state index is 11.0. The SMILES string of the molecule is O=C1CC[C@@H]2CCCCC2N1. The smallest absolute Gasteiger partial charge is 0.220 e. The highest BCUT2D eigenvalue weighted by Gasteiger charge is 2.30. The van der Waals surface area contributed by atoms with Crippen LogP contribution in [0.5, 0.6) is 0 Å². The third kappa shape index (κ3) is 1.39. The highest BCUT2D eigenvalue weighted by Crippen LogP contribution is 2.30. The lowest BCUT2D eigenvalue weighted by molar-refractivity contribution is -0.124. The van der Waals surface area contributed by atoms with Gasteiger partial charge in [-0.3, -0.25) is 4.79 Å². The molecule has 0 aromatic heterocycles. The van der Waals surface area contributed by atoms with Gasteiger partial charge >= 0.3 is 0 Å². The van der Waals surface area contributed by atoms with Crippen molar-refractivity contribution in [3.63, 3.8) is 0 Å². The summed E-state index contributed by atoms with van der Waals surface area (Å²) in [5.74, 6) is 1.08. The summed E-state index contributed by atoms with van der Waals surface area (Å²) in [6.07, 6.45) is 7.14. The Morgan fingerprint density at radius 3 is 2.91 bits per heavy atom. The second kappa shape index (κ2) is 2.84. The van der Waals surface area contributed by atoms with Crippen molar-refractivity contribution >= 4 is 5.91 Å². The van der Waals surface area contributed by atoms with E-state index in [1.807, 2.05) is 0 Å². The predicted molar refractivity (Wildman–Crippen MR) is 43.1 cm³/mol. The van der Waals surface area contributed by atoms with Crippen molar-refractivity contribution in [2.24, 2.45) is 5.92 Å². The van der Waals surface area contributed by atoms with Gasteiger partial charge in [0, 0.05) is 12.5 Å². The summed E-state index contributed by atoms with van der Waals surface area (Å²) in [4.78, 5) is 11.0. The lowest BCUT2D eigenvalue weighted by Crippen LogP contribution is -2.46. The van der Waals surface area contributed by atoms with Gasteiger partial charge in [-0.15, -0.1) is 0 Å². The second-order valence-electron chi connectivity index (χ2n) is 3.76. The van der Waals surface area contributed by atoms with Crippen LogP contribution in [0.15, 0.2) is 0 Å². The summed E-state index contributed by atoms with van der Waals surface area (Å²) in [5, 5.41) is 3.08. The van der Waals surface area contributed by atoms with Crippen LogP contribution in [0, 0.1) is 5.92 Å². The molecule has 1 saturated heterocycles. The van der Waals surface area contributed by atoms with E-state index in [1.165, 1.54) is 25.7 Å². The van der Waals surface area contributed by atoms with Gasteiger partial charge in [0.05, 0.1) is 0 Å². The molecule has 1 saturated carbocycles. The molecule has 11 heavy (non-hydrogen) atoms. The molecule has 1 amide bonds. The van der Waals surface area contributed by atoms with Gasteiger partial charge < -0.3 is 5.32 Å². The third-order valence-electron chi connectivity index (χ3n) is 3.00. The van der Waals surface area contributed by atoms with Crippen LogP contribution >= 0.6 is 0 Å². The minimum absolute atomic E-state index is 0.271. The van der Waals surface area contributed by atoms with Crippen LogP contribution in [-0.2, 0) is 4.79 Å². The van der Waals surface area contributed by atoms with Crippen LogP contribution in [0.4, 0.5) is 0 Å². The maximum Gasteiger partial charge on any atom is 0.220 e. The first-order valence-corrected chi connectivity index (χ1v) is 4.65. The number of rotatable bonds is 0. The lowest BCUT2D eigenvalue weighted by atomic mass is 9.79. The monoisotopic (exact) mass is 153 g/mol. The molecule has 2 fully saturated rings. The van der Waals surface area contributed by atoms with Crippen molar-refractivity contribution in [3.8, 4) is 0 Å². The molecule has 1 unspecified atom stereocenters. The summed E-state index contributed by atoms with van der Waals surface area (Å²) in [6, 6.07) is 0.532. The van der Waals surface area contributed by atoms with Crippen LogP contribution in [0.25, 0.3) is 0 Å². The van der Waals surface area contributed by atoms with Gasteiger partial charge in [-0.05, 0) is 25.2 Å². The average molecular weight is 153 g/mol. The highest BCUT2D eigenvalue weighted by atomic mass is 16.1. The molecule has 1 aliphatic heterocycles. The Labute approximate surface area is 67.4 Å². The fourth-order valence-corrected chi connectivity index (χ4v) is 2.34. The van der Waals surface area contributed by atoms with Crippen molar-refractivity contribution in [3.05, 3.63) is 0 Å². The Kier molecular flexibility index (Phi) is 1.84. The molecular weight excluding hydrogens is 138 g/mol. The fraction of sp³-hybridized carbons (Fsp3) is 0.889. The minimum Gasteiger partial charge on any atom is -0.353 e. The zero-order chi connectivity index (χ0) is 7.68. The number of nitrogens with one attached hydrogen (secondary N) is 1. The molecule has 0 aromatic rings. The first kappa shape index (κ1) is 7.14. The van der Waals surface area contributed by atoms with Gasteiger partial charge in [0.2, 0.25) is 5.91 Å². The normalized spacial score (nSPS) is 37.6. The van der Waals surface area contributed by atoms with E-state index in [-0.39, 0.29) is 5.91 Å². The topological polar surface area (TPSA) is 29.1 Å². The number of hydrogen-bond donors (Lipinski definition) is 1. The molecular formula is C9H15NO. The summed E-state index contributed by atoms with van der Waals surface area (Å²) in [6.45, 7) is 0. The van der Waals surface area contributed by atoms with E-state index in [9.17, 15) is 4.79 Å². The van der Waals surface area contributed by atoms with Crippen molar-refractivity contribution in [1.82, 2.24) is 5.32 Å². The van der Waals surface area contributed by atoms with E-state index >= 15 is 0 Å². The minimum atomic E-state index is 0.271. The van der Waals surface area contributed by atoms with Gasteiger partial charge in [-0.1, -0.05) is 12.8 Å². The third-order valence-corrected chi connectivity index (χ3v) is 3.00. The first-order chi connectivity index (χ1) is 5.36. The summed E-state index contributed by atoms with van der Waals surface area (Å²) >= 11 is 0. The number of amides is 1. The van der Waals surface area contributed by atoms with Gasteiger partial charge in [-0.25, -0.2) is 0 Å². The Morgan fingerprint density at radius 2 is 2.00 bits per heavy atom. The molecule has 2 nitrogen and oxygen atoms in total. The molecule has 2 heteroatoms. The van der Waals surface area contributed by atoms with Crippen LogP contribution in [0.3, 0.4) is 0 Å². The molecule has 0 bridgehead atoms. The van der Waals surface area contributed by atoms with Crippen LogP contribution in [0.1, 0.15) is 38.5 Å². The number of carbonyl (C=O) groups excluding carboxylic acids is 1. The molecule has 1 heterocycles. The number of hydrogen-bond acceptors (Lipinski definition) is 1. The van der Waals surface area contributed by atoms with Crippen LogP contribution < -0.4 is 5.32 Å². The van der Waals surface area contributed by atoms with E-state index in [0.717, 1.165) is 18.8 Å². The molecule has 1 N–H and O–H groups in total. The van der Waals surface area contributed by atoms with E-state index in [2.05, 4.69) is 5.32 Å². The van der Waals surface area contributed by atoms with Crippen molar-refractivity contribution in [2.75, 3.05) is 0 Å². The van der Waals surface area contributed by atoms with Crippen LogP contribution in [-0.4, -0.2) is 11.9 Å². The second-order valence-corrected chi connectivity index (χ2v) is 3.76. The molecule has 0 aromatic carbocycles. The Hall–Kier alpha value is -0.530. The zero-order valence-electron chi connectivity index (χ0n) is 6.81. The fourth-order valence-electron chi connectivity index (χ4n) is 2.34. The molecule has 2 rings (SSSR count). The van der Waals surface area contributed by atoms with Crippen molar-refractivity contribution < 1.29 is 4.79 Å². The molecule has 1 aliphatic carbocycles. The molecule has 2 atom stereocenters. The largest absolute Gasteiger partial charge is 0.353 e. The average Bonchev–Trinajstić information content (AvgIpc) is 2.04. The van der Waals surface area contributed by atoms with Crippen molar-refractivity contribution in [1.29, 1.82) is 0 Å². The Morgan fingerprint density at radius 1 is 1.18 bits per heavy atom. The molecule has 0 radical (unpaired) electrons. The number of piperidine rings is 1. The quantitative estimate of drug-likeness (QED) is 0.560. The molecule has 0 spiro atoms. The standard InChI is InChI=1S/C9H15NO/c11-9-6-5-7-3-1-2-4-8(7)10-9/h7-8H,1-6H2,(H,10,11)/t7-,8?/m0/s1. The zero-order valence-corrected chi connectivity index (χ0v) is 6.81. The Balaban J connectivity index is 1.98.